The molecule has 0 bridgehead atoms. The van der Waals surface area contributed by atoms with Crippen LogP contribution in [0.5, 0.6) is 0 Å². The van der Waals surface area contributed by atoms with Crippen LogP contribution >= 0.6 is 0 Å². The molecule has 1 fully saturated rings. The fourth-order valence-electron chi connectivity index (χ4n) is 2.71. The van der Waals surface area contributed by atoms with E-state index in [1.54, 1.807) is 6.07 Å². The fourth-order valence-corrected chi connectivity index (χ4v) is 2.71. The van der Waals surface area contributed by atoms with Crippen LogP contribution in [-0.4, -0.2) is 23.0 Å². The second-order valence-electron chi connectivity index (χ2n) is 5.17. The van der Waals surface area contributed by atoms with Crippen LogP contribution in [0.3, 0.4) is 0 Å². The van der Waals surface area contributed by atoms with Gasteiger partial charge in [-0.2, -0.15) is 0 Å². The van der Waals surface area contributed by atoms with E-state index < -0.39 is 23.7 Å². The molecule has 0 heterocycles. The van der Waals surface area contributed by atoms with Crippen LogP contribution in [0.1, 0.15) is 42.5 Å². The summed E-state index contributed by atoms with van der Waals surface area (Å²) in [6.45, 7) is 0. The van der Waals surface area contributed by atoms with Gasteiger partial charge in [-0.15, -0.1) is 0 Å². The third kappa shape index (κ3) is 3.35. The molecule has 0 aromatic heterocycles. The molecule has 5 heteroatoms. The predicted octanol–water partition coefficient (Wildman–Crippen LogP) is 2.59. The van der Waals surface area contributed by atoms with Gasteiger partial charge in [-0.1, -0.05) is 31.4 Å². The van der Waals surface area contributed by atoms with Gasteiger partial charge in [-0.05, 0) is 30.9 Å². The van der Waals surface area contributed by atoms with Gasteiger partial charge in [0.1, 0.15) is 11.9 Å². The summed E-state index contributed by atoms with van der Waals surface area (Å²) in [6, 6.07) is 4.63. The maximum atomic E-state index is 13.5. The van der Waals surface area contributed by atoms with E-state index in [9.17, 15) is 19.1 Å². The molecule has 1 aliphatic rings. The third-order valence-corrected chi connectivity index (χ3v) is 3.79. The number of carboxylic acid groups (broad SMARTS) is 1. The van der Waals surface area contributed by atoms with Crippen LogP contribution in [0.15, 0.2) is 24.3 Å². The van der Waals surface area contributed by atoms with E-state index in [1.807, 2.05) is 0 Å². The molecule has 2 N–H and O–H groups in total. The minimum absolute atomic E-state index is 0.0722. The van der Waals surface area contributed by atoms with Crippen molar-refractivity contribution >= 4 is 11.9 Å². The van der Waals surface area contributed by atoms with E-state index in [0.717, 1.165) is 32.1 Å². The summed E-state index contributed by atoms with van der Waals surface area (Å²) in [7, 11) is 0. The molecule has 20 heavy (non-hydrogen) atoms. The average Bonchev–Trinajstić information content (AvgIpc) is 2.45. The number of hydrogen-bond donors (Lipinski definition) is 2. The number of hydrogen-bond acceptors (Lipinski definition) is 2. The first-order chi connectivity index (χ1) is 9.59. The molecular weight excluding hydrogens is 261 g/mol. The molecule has 1 aliphatic carbocycles. The Bertz CT molecular complexity index is 498. The molecule has 0 saturated heterocycles. The quantitative estimate of drug-likeness (QED) is 0.890. The minimum Gasteiger partial charge on any atom is -0.480 e. The first kappa shape index (κ1) is 14.5. The minimum atomic E-state index is -1.05. The number of rotatable bonds is 4. The maximum absolute atomic E-state index is 13.5. The van der Waals surface area contributed by atoms with E-state index in [-0.39, 0.29) is 11.5 Å². The predicted molar refractivity (Wildman–Crippen MR) is 71.9 cm³/mol. The van der Waals surface area contributed by atoms with Gasteiger partial charge in [0.2, 0.25) is 0 Å². The summed E-state index contributed by atoms with van der Waals surface area (Å²) in [4.78, 5) is 23.4. The highest BCUT2D eigenvalue weighted by molar-refractivity contribution is 5.96. The molecule has 1 amide bonds. The molecule has 1 saturated carbocycles. The van der Waals surface area contributed by atoms with E-state index in [4.69, 9.17) is 0 Å². The molecule has 0 spiro atoms. The van der Waals surface area contributed by atoms with Crippen molar-refractivity contribution in [2.45, 2.75) is 38.1 Å². The Labute approximate surface area is 117 Å². The Morgan fingerprint density at radius 2 is 1.85 bits per heavy atom. The number of carbonyl (C=O) groups excluding carboxylic acids is 1. The second-order valence-corrected chi connectivity index (χ2v) is 5.17. The molecular formula is C15H18FNO3. The fraction of sp³-hybridized carbons (Fsp3) is 0.467. The Kier molecular flexibility index (Phi) is 4.71. The Balaban J connectivity index is 2.10. The largest absolute Gasteiger partial charge is 0.480 e. The summed E-state index contributed by atoms with van der Waals surface area (Å²) in [6.07, 6.45) is 4.63. The number of carbonyl (C=O) groups is 2. The van der Waals surface area contributed by atoms with Crippen molar-refractivity contribution in [1.82, 2.24) is 5.32 Å². The molecule has 1 atom stereocenters. The molecule has 4 nitrogen and oxygen atoms in total. The summed E-state index contributed by atoms with van der Waals surface area (Å²) in [5.41, 5.74) is -0.116. The summed E-state index contributed by atoms with van der Waals surface area (Å²) < 4.78 is 13.5. The zero-order chi connectivity index (χ0) is 14.5. The van der Waals surface area contributed by atoms with Crippen LogP contribution in [0, 0.1) is 11.7 Å². The zero-order valence-corrected chi connectivity index (χ0v) is 11.1. The first-order valence-corrected chi connectivity index (χ1v) is 6.88. The molecule has 2 rings (SSSR count). The van der Waals surface area contributed by atoms with Crippen LogP contribution in [0.2, 0.25) is 0 Å². The monoisotopic (exact) mass is 279 g/mol. The molecule has 0 aliphatic heterocycles. The standard InChI is InChI=1S/C15H18FNO3/c16-12-9-5-4-8-11(12)14(18)17-13(15(19)20)10-6-2-1-3-7-10/h4-5,8-10,13H,1-3,6-7H2,(H,17,18)(H,19,20)/t13-/m0/s1. The lowest BCUT2D eigenvalue weighted by atomic mass is 9.84. The highest BCUT2D eigenvalue weighted by Crippen LogP contribution is 2.27. The van der Waals surface area contributed by atoms with Crippen molar-refractivity contribution < 1.29 is 19.1 Å². The Morgan fingerprint density at radius 1 is 1.20 bits per heavy atom. The number of amides is 1. The van der Waals surface area contributed by atoms with Gasteiger partial charge in [-0.25, -0.2) is 9.18 Å². The normalized spacial score (nSPS) is 17.4. The Hall–Kier alpha value is -1.91. The van der Waals surface area contributed by atoms with Crippen molar-refractivity contribution in [3.63, 3.8) is 0 Å². The molecule has 1 aromatic carbocycles. The Morgan fingerprint density at radius 3 is 2.45 bits per heavy atom. The maximum Gasteiger partial charge on any atom is 0.326 e. The first-order valence-electron chi connectivity index (χ1n) is 6.88. The SMILES string of the molecule is O=C(N[C@H](C(=O)O)C1CCCCC1)c1ccccc1F. The van der Waals surface area contributed by atoms with Crippen molar-refractivity contribution in [2.75, 3.05) is 0 Å². The van der Waals surface area contributed by atoms with Gasteiger partial charge < -0.3 is 10.4 Å². The van der Waals surface area contributed by atoms with E-state index >= 15 is 0 Å². The van der Waals surface area contributed by atoms with Gasteiger partial charge in [0.15, 0.2) is 0 Å². The summed E-state index contributed by atoms with van der Waals surface area (Å²) in [5.74, 6) is -2.43. The number of nitrogens with one attached hydrogen (secondary N) is 1. The molecule has 0 radical (unpaired) electrons. The molecule has 0 unspecified atom stereocenters. The topological polar surface area (TPSA) is 66.4 Å². The third-order valence-electron chi connectivity index (χ3n) is 3.79. The van der Waals surface area contributed by atoms with Gasteiger partial charge in [-0.3, -0.25) is 4.79 Å². The van der Waals surface area contributed by atoms with Gasteiger partial charge in [0.05, 0.1) is 5.56 Å². The number of aliphatic carboxylic acids is 1. The number of benzene rings is 1. The second kappa shape index (κ2) is 6.50. The lowest BCUT2D eigenvalue weighted by molar-refractivity contribution is -0.141. The number of halogens is 1. The van der Waals surface area contributed by atoms with Crippen molar-refractivity contribution in [1.29, 1.82) is 0 Å². The van der Waals surface area contributed by atoms with Gasteiger partial charge in [0.25, 0.3) is 5.91 Å². The van der Waals surface area contributed by atoms with Crippen LogP contribution in [0.25, 0.3) is 0 Å². The lowest BCUT2D eigenvalue weighted by Crippen LogP contribution is -2.46. The van der Waals surface area contributed by atoms with Crippen LogP contribution < -0.4 is 5.32 Å². The summed E-state index contributed by atoms with van der Waals surface area (Å²) in [5, 5.41) is 11.7. The lowest BCUT2D eigenvalue weighted by Gasteiger charge is -2.28. The number of carboxylic acids is 1. The highest BCUT2D eigenvalue weighted by Gasteiger charge is 2.31. The van der Waals surface area contributed by atoms with Crippen molar-refractivity contribution in [3.8, 4) is 0 Å². The van der Waals surface area contributed by atoms with Gasteiger partial charge in [0, 0.05) is 0 Å². The average molecular weight is 279 g/mol. The molecule has 108 valence electrons. The van der Waals surface area contributed by atoms with E-state index in [2.05, 4.69) is 5.32 Å². The van der Waals surface area contributed by atoms with Crippen LogP contribution in [0.4, 0.5) is 4.39 Å². The van der Waals surface area contributed by atoms with E-state index in [0.29, 0.717) is 0 Å². The van der Waals surface area contributed by atoms with Gasteiger partial charge >= 0.3 is 5.97 Å². The molecule has 1 aromatic rings. The van der Waals surface area contributed by atoms with Crippen molar-refractivity contribution in [3.05, 3.63) is 35.6 Å². The van der Waals surface area contributed by atoms with Crippen molar-refractivity contribution in [2.24, 2.45) is 5.92 Å². The zero-order valence-electron chi connectivity index (χ0n) is 11.1. The summed E-state index contributed by atoms with van der Waals surface area (Å²) >= 11 is 0. The highest BCUT2D eigenvalue weighted by atomic mass is 19.1. The smallest absolute Gasteiger partial charge is 0.326 e. The van der Waals surface area contributed by atoms with Crippen LogP contribution in [-0.2, 0) is 4.79 Å². The van der Waals surface area contributed by atoms with E-state index in [1.165, 1.54) is 18.2 Å².